The Kier molecular flexibility index (Phi) is 4.49. The van der Waals surface area contributed by atoms with Gasteiger partial charge in [-0.15, -0.1) is 0 Å². The summed E-state index contributed by atoms with van der Waals surface area (Å²) < 4.78 is 40.2. The monoisotopic (exact) mass is 358 g/mol. The van der Waals surface area contributed by atoms with E-state index < -0.39 is 23.4 Å². The van der Waals surface area contributed by atoms with E-state index in [1.807, 2.05) is 0 Å². The summed E-state index contributed by atoms with van der Waals surface area (Å²) >= 11 is 0. The van der Waals surface area contributed by atoms with Crippen molar-refractivity contribution in [3.05, 3.63) is 77.1 Å². The van der Waals surface area contributed by atoms with Gasteiger partial charge in [0.2, 0.25) is 0 Å². The number of anilines is 1. The highest BCUT2D eigenvalue weighted by Gasteiger charge is 2.16. The Morgan fingerprint density at radius 1 is 0.923 bits per heavy atom. The number of halogens is 3. The molecule has 0 aliphatic rings. The van der Waals surface area contributed by atoms with E-state index >= 15 is 0 Å². The van der Waals surface area contributed by atoms with Crippen LogP contribution in [-0.2, 0) is 0 Å². The average molecular weight is 358 g/mol. The fraction of sp³-hybridized carbons (Fsp3) is 0. The molecule has 0 unspecified atom stereocenters. The van der Waals surface area contributed by atoms with Gasteiger partial charge in [-0.3, -0.25) is 4.79 Å². The molecular weight excluding hydrogens is 345 g/mol. The summed E-state index contributed by atoms with van der Waals surface area (Å²) in [4.78, 5) is 12.5. The van der Waals surface area contributed by atoms with Gasteiger partial charge in [-0.05, 0) is 41.1 Å². The van der Waals surface area contributed by atoms with Crippen molar-refractivity contribution in [1.29, 1.82) is 0 Å². The molecule has 132 valence electrons. The third-order valence-corrected chi connectivity index (χ3v) is 3.79. The third-order valence-electron chi connectivity index (χ3n) is 3.79. The molecule has 0 atom stereocenters. The van der Waals surface area contributed by atoms with Crippen molar-refractivity contribution >= 4 is 28.2 Å². The number of benzene rings is 3. The molecule has 26 heavy (non-hydrogen) atoms. The minimum absolute atomic E-state index is 0.0531. The minimum Gasteiger partial charge on any atom is -0.382 e. The first-order valence-electron chi connectivity index (χ1n) is 7.42. The number of nitrogens with one attached hydrogen (secondary N) is 1. The Morgan fingerprint density at radius 3 is 2.31 bits per heavy atom. The fourth-order valence-corrected chi connectivity index (χ4v) is 2.48. The lowest BCUT2D eigenvalue weighted by molar-refractivity contribution is 0.102. The van der Waals surface area contributed by atoms with Crippen LogP contribution in [0.3, 0.4) is 0 Å². The zero-order chi connectivity index (χ0) is 18.8. The van der Waals surface area contributed by atoms with Gasteiger partial charge in [0.05, 0.1) is 5.69 Å². The Bertz CT molecular complexity index is 1050. The van der Waals surface area contributed by atoms with Crippen LogP contribution >= 0.6 is 0 Å². The van der Waals surface area contributed by atoms with Crippen molar-refractivity contribution in [2.45, 2.75) is 0 Å². The number of hydrogen-bond donors (Lipinski definition) is 3. The maximum absolute atomic E-state index is 13.6. The zero-order valence-electron chi connectivity index (χ0n) is 13.3. The van der Waals surface area contributed by atoms with Crippen LogP contribution in [-0.4, -0.2) is 11.7 Å². The lowest BCUT2D eigenvalue weighted by Crippen LogP contribution is -2.21. The van der Waals surface area contributed by atoms with E-state index in [2.05, 4.69) is 10.4 Å². The predicted molar refractivity (Wildman–Crippen MR) is 93.1 cm³/mol. The molecule has 3 aromatic carbocycles. The summed E-state index contributed by atoms with van der Waals surface area (Å²) in [5, 5.41) is 6.95. The summed E-state index contributed by atoms with van der Waals surface area (Å²) in [5.41, 5.74) is 5.67. The normalized spacial score (nSPS) is 11.6. The highest BCUT2D eigenvalue weighted by Crippen LogP contribution is 2.22. The largest absolute Gasteiger partial charge is 0.382 e. The SMILES string of the molecule is N/N=C(\N)c1cc(F)c(F)cc1NC(=O)c1ccc2cc(F)ccc2c1. The van der Waals surface area contributed by atoms with Gasteiger partial charge >= 0.3 is 0 Å². The van der Waals surface area contributed by atoms with Crippen LogP contribution in [0.4, 0.5) is 18.9 Å². The number of hydrazone groups is 1. The van der Waals surface area contributed by atoms with Crippen LogP contribution in [0.15, 0.2) is 53.6 Å². The molecule has 3 aromatic rings. The van der Waals surface area contributed by atoms with Crippen LogP contribution in [0.25, 0.3) is 10.8 Å². The second-order valence-corrected chi connectivity index (χ2v) is 5.49. The van der Waals surface area contributed by atoms with E-state index in [1.54, 1.807) is 12.1 Å². The van der Waals surface area contributed by atoms with Crippen molar-refractivity contribution in [3.63, 3.8) is 0 Å². The Hall–Kier alpha value is -3.55. The first-order valence-corrected chi connectivity index (χ1v) is 7.42. The zero-order valence-corrected chi connectivity index (χ0v) is 13.3. The first-order chi connectivity index (χ1) is 12.4. The molecule has 0 aromatic heterocycles. The van der Waals surface area contributed by atoms with Gasteiger partial charge in [-0.2, -0.15) is 5.10 Å². The fourth-order valence-electron chi connectivity index (χ4n) is 2.48. The Balaban J connectivity index is 1.97. The van der Waals surface area contributed by atoms with E-state index in [-0.39, 0.29) is 22.6 Å². The number of fused-ring (bicyclic) bond motifs is 1. The summed E-state index contributed by atoms with van der Waals surface area (Å²) in [6.45, 7) is 0. The molecule has 0 aliphatic carbocycles. The third kappa shape index (κ3) is 3.30. The quantitative estimate of drug-likeness (QED) is 0.291. The highest BCUT2D eigenvalue weighted by atomic mass is 19.2. The molecular formula is C18H13F3N4O. The standard InChI is InChI=1S/C18H13F3N4O/c19-12-4-3-9-5-11(2-1-10(9)6-12)18(26)24-16-8-15(21)14(20)7-13(16)17(22)25-23/h1-8H,23H2,(H2,22,25)(H,24,26). The number of carbonyl (C=O) groups is 1. The smallest absolute Gasteiger partial charge is 0.255 e. The topological polar surface area (TPSA) is 93.5 Å². The molecule has 0 saturated heterocycles. The second kappa shape index (κ2) is 6.75. The summed E-state index contributed by atoms with van der Waals surface area (Å²) in [5.74, 6) is 1.51. The van der Waals surface area contributed by atoms with Gasteiger partial charge in [0.15, 0.2) is 17.5 Å². The van der Waals surface area contributed by atoms with E-state index in [4.69, 9.17) is 11.6 Å². The summed E-state index contributed by atoms with van der Waals surface area (Å²) in [6, 6.07) is 10.3. The number of hydrogen-bond acceptors (Lipinski definition) is 3. The number of carbonyl (C=O) groups excluding carboxylic acids is 1. The molecule has 5 N–H and O–H groups in total. The molecule has 0 aliphatic heterocycles. The predicted octanol–water partition coefficient (Wildman–Crippen LogP) is 3.09. The molecule has 0 bridgehead atoms. The molecule has 1 amide bonds. The lowest BCUT2D eigenvalue weighted by Gasteiger charge is -2.12. The van der Waals surface area contributed by atoms with Crippen molar-refractivity contribution in [1.82, 2.24) is 0 Å². The van der Waals surface area contributed by atoms with Crippen LogP contribution in [0.2, 0.25) is 0 Å². The molecule has 3 rings (SSSR count). The van der Waals surface area contributed by atoms with Crippen LogP contribution in [0.5, 0.6) is 0 Å². The van der Waals surface area contributed by atoms with Gasteiger partial charge in [-0.25, -0.2) is 13.2 Å². The van der Waals surface area contributed by atoms with Crippen molar-refractivity contribution in [2.75, 3.05) is 5.32 Å². The minimum atomic E-state index is -1.16. The van der Waals surface area contributed by atoms with Crippen molar-refractivity contribution in [3.8, 4) is 0 Å². The van der Waals surface area contributed by atoms with Gasteiger partial charge in [0, 0.05) is 17.2 Å². The average Bonchev–Trinajstić information content (AvgIpc) is 2.63. The molecule has 8 heteroatoms. The summed E-state index contributed by atoms with van der Waals surface area (Å²) in [7, 11) is 0. The highest BCUT2D eigenvalue weighted by molar-refractivity contribution is 6.11. The van der Waals surface area contributed by atoms with Crippen LogP contribution in [0.1, 0.15) is 15.9 Å². The van der Waals surface area contributed by atoms with E-state index in [0.717, 1.165) is 12.1 Å². The number of nitrogens with two attached hydrogens (primary N) is 2. The maximum atomic E-state index is 13.6. The summed E-state index contributed by atoms with van der Waals surface area (Å²) in [6.07, 6.45) is 0. The number of nitrogens with zero attached hydrogens (tertiary/aromatic N) is 1. The molecule has 0 spiro atoms. The number of amides is 1. The molecule has 0 radical (unpaired) electrons. The molecule has 0 saturated carbocycles. The van der Waals surface area contributed by atoms with E-state index in [9.17, 15) is 18.0 Å². The molecule has 0 heterocycles. The van der Waals surface area contributed by atoms with Crippen molar-refractivity contribution in [2.24, 2.45) is 16.7 Å². The first kappa shape index (κ1) is 17.3. The van der Waals surface area contributed by atoms with Gasteiger partial charge in [0.1, 0.15) is 5.82 Å². The molecule has 5 nitrogen and oxygen atoms in total. The van der Waals surface area contributed by atoms with Crippen LogP contribution in [0, 0.1) is 17.5 Å². The van der Waals surface area contributed by atoms with Crippen molar-refractivity contribution < 1.29 is 18.0 Å². The van der Waals surface area contributed by atoms with E-state index in [0.29, 0.717) is 10.8 Å². The van der Waals surface area contributed by atoms with E-state index in [1.165, 1.54) is 24.3 Å². The van der Waals surface area contributed by atoms with Gasteiger partial charge in [-0.1, -0.05) is 12.1 Å². The van der Waals surface area contributed by atoms with Gasteiger partial charge < -0.3 is 16.9 Å². The Labute approximate surface area is 146 Å². The van der Waals surface area contributed by atoms with Gasteiger partial charge in [0.25, 0.3) is 5.91 Å². The lowest BCUT2D eigenvalue weighted by atomic mass is 10.1. The van der Waals surface area contributed by atoms with Crippen LogP contribution < -0.4 is 16.9 Å². The number of amidine groups is 1. The second-order valence-electron chi connectivity index (χ2n) is 5.49. The Morgan fingerprint density at radius 2 is 1.58 bits per heavy atom. The molecule has 0 fully saturated rings. The number of rotatable bonds is 3. The maximum Gasteiger partial charge on any atom is 0.255 e.